The summed E-state index contributed by atoms with van der Waals surface area (Å²) < 4.78 is 71.9. The van der Waals surface area contributed by atoms with Crippen LogP contribution in [0.5, 0.6) is 0 Å². The first kappa shape index (κ1) is 21.8. The van der Waals surface area contributed by atoms with Crippen molar-refractivity contribution in [2.75, 3.05) is 11.5 Å². The number of halogens is 6. The number of nitrogen functional groups attached to an aromatic ring is 2. The van der Waals surface area contributed by atoms with Crippen LogP contribution in [0.1, 0.15) is 11.6 Å². The SMILES string of the molecule is N#CSc1c(N)nc(C(F)(F)F)[nH]c1=O.Nc1cc(=O)[nH]c(C(F)(F)F)n1. The molecule has 0 aliphatic carbocycles. The Kier molecular flexibility index (Phi) is 6.46. The van der Waals surface area contributed by atoms with E-state index in [9.17, 15) is 35.9 Å². The second-order valence-corrected chi connectivity index (χ2v) is 5.13. The third-order valence-corrected chi connectivity index (χ3v) is 3.04. The van der Waals surface area contributed by atoms with Gasteiger partial charge < -0.3 is 21.4 Å². The number of anilines is 2. The van der Waals surface area contributed by atoms with E-state index in [2.05, 4.69) is 9.97 Å². The first-order chi connectivity index (χ1) is 12.3. The van der Waals surface area contributed by atoms with Crippen LogP contribution in [-0.2, 0) is 12.4 Å². The standard InChI is InChI=1S/C6H3F3N4OS.C5H4F3N3O/c7-6(8,9)5-12-3(11)2(15-1-10)4(14)13-5;6-5(7,8)4-10-2(9)1-3(12)11-4/h(H3,11,12,13,14);1H,(H3,9,10,11,12). The molecule has 0 aliphatic rings. The molecule has 0 bridgehead atoms. The molecule has 2 aromatic heterocycles. The lowest BCUT2D eigenvalue weighted by Gasteiger charge is -2.06. The highest BCUT2D eigenvalue weighted by molar-refractivity contribution is 8.03. The van der Waals surface area contributed by atoms with Gasteiger partial charge >= 0.3 is 12.4 Å². The van der Waals surface area contributed by atoms with E-state index in [0.717, 1.165) is 6.07 Å². The zero-order chi connectivity index (χ0) is 21.0. The van der Waals surface area contributed by atoms with Gasteiger partial charge in [0.15, 0.2) is 0 Å². The van der Waals surface area contributed by atoms with Crippen molar-refractivity contribution in [2.24, 2.45) is 0 Å². The van der Waals surface area contributed by atoms with E-state index in [0.29, 0.717) is 11.8 Å². The van der Waals surface area contributed by atoms with Gasteiger partial charge in [0.2, 0.25) is 11.6 Å². The van der Waals surface area contributed by atoms with Crippen molar-refractivity contribution in [1.82, 2.24) is 19.9 Å². The average molecular weight is 415 g/mol. The summed E-state index contributed by atoms with van der Waals surface area (Å²) in [5, 5.41) is 9.77. The molecule has 146 valence electrons. The Morgan fingerprint density at radius 2 is 1.52 bits per heavy atom. The molecule has 0 fully saturated rings. The zero-order valence-electron chi connectivity index (χ0n) is 12.6. The molecule has 2 rings (SSSR count). The largest absolute Gasteiger partial charge is 0.449 e. The lowest BCUT2D eigenvalue weighted by atomic mass is 10.5. The van der Waals surface area contributed by atoms with Crippen LogP contribution in [0.4, 0.5) is 38.0 Å². The summed E-state index contributed by atoms with van der Waals surface area (Å²) in [4.78, 5) is 30.1. The number of alkyl halides is 6. The topological polar surface area (TPSA) is 167 Å². The van der Waals surface area contributed by atoms with E-state index < -0.39 is 46.8 Å². The van der Waals surface area contributed by atoms with E-state index in [1.165, 1.54) is 15.4 Å². The fourth-order valence-corrected chi connectivity index (χ4v) is 1.75. The molecule has 27 heavy (non-hydrogen) atoms. The first-order valence-electron chi connectivity index (χ1n) is 6.22. The van der Waals surface area contributed by atoms with Gasteiger partial charge in [-0.3, -0.25) is 9.59 Å². The van der Waals surface area contributed by atoms with Crippen molar-refractivity contribution in [1.29, 1.82) is 5.26 Å². The Balaban J connectivity index is 0.000000277. The van der Waals surface area contributed by atoms with E-state index in [4.69, 9.17) is 16.7 Å². The van der Waals surface area contributed by atoms with Gasteiger partial charge in [-0.1, -0.05) is 0 Å². The molecular weight excluding hydrogens is 408 g/mol. The van der Waals surface area contributed by atoms with E-state index in [-0.39, 0.29) is 4.90 Å². The van der Waals surface area contributed by atoms with Crippen molar-refractivity contribution >= 4 is 23.4 Å². The molecule has 0 aromatic carbocycles. The van der Waals surface area contributed by atoms with Crippen LogP contribution in [0.15, 0.2) is 20.6 Å². The predicted molar refractivity (Wildman–Crippen MR) is 80.0 cm³/mol. The maximum absolute atomic E-state index is 12.1. The molecule has 9 nitrogen and oxygen atoms in total. The molecule has 2 aromatic rings. The number of H-pyrrole nitrogens is 2. The van der Waals surface area contributed by atoms with Crippen LogP contribution >= 0.6 is 11.8 Å². The van der Waals surface area contributed by atoms with Crippen molar-refractivity contribution < 1.29 is 26.3 Å². The Bertz CT molecular complexity index is 975. The summed E-state index contributed by atoms with van der Waals surface area (Å²) in [5.74, 6) is -3.93. The molecule has 0 aliphatic heterocycles. The molecule has 0 saturated heterocycles. The minimum atomic E-state index is -4.77. The average Bonchev–Trinajstić information content (AvgIpc) is 2.48. The van der Waals surface area contributed by atoms with Crippen LogP contribution in [0.2, 0.25) is 0 Å². The van der Waals surface area contributed by atoms with E-state index in [1.54, 1.807) is 0 Å². The van der Waals surface area contributed by atoms with Crippen molar-refractivity contribution in [3.8, 4) is 5.40 Å². The Hall–Kier alpha value is -3.22. The second-order valence-electron chi connectivity index (χ2n) is 4.34. The maximum Gasteiger partial charge on any atom is 0.449 e. The molecule has 0 spiro atoms. The van der Waals surface area contributed by atoms with Crippen molar-refractivity contribution in [3.63, 3.8) is 0 Å². The molecule has 0 radical (unpaired) electrons. The number of nitriles is 1. The number of thioether (sulfide) groups is 1. The van der Waals surface area contributed by atoms with Crippen molar-refractivity contribution in [3.05, 3.63) is 38.4 Å². The summed E-state index contributed by atoms with van der Waals surface area (Å²) in [6.07, 6.45) is -9.45. The fourth-order valence-electron chi connectivity index (χ4n) is 1.37. The number of nitrogens with zero attached hydrogens (tertiary/aromatic N) is 3. The predicted octanol–water partition coefficient (Wildman–Crippen LogP) is 1.31. The summed E-state index contributed by atoms with van der Waals surface area (Å²) in [6, 6.07) is 0.773. The number of nitrogens with one attached hydrogen (secondary N) is 2. The molecule has 2 heterocycles. The van der Waals surface area contributed by atoms with Gasteiger partial charge in [-0.2, -0.15) is 31.6 Å². The molecule has 6 N–H and O–H groups in total. The molecule has 16 heteroatoms. The zero-order valence-corrected chi connectivity index (χ0v) is 13.4. The van der Waals surface area contributed by atoms with Crippen LogP contribution in [0.25, 0.3) is 0 Å². The Morgan fingerprint density at radius 1 is 1.00 bits per heavy atom. The number of thiocyanates is 1. The quantitative estimate of drug-likeness (QED) is 0.307. The molecule has 0 amide bonds. The van der Waals surface area contributed by atoms with E-state index >= 15 is 0 Å². The molecule has 0 atom stereocenters. The van der Waals surface area contributed by atoms with Crippen LogP contribution in [0, 0.1) is 10.7 Å². The summed E-state index contributed by atoms with van der Waals surface area (Å²) in [6.45, 7) is 0. The second kappa shape index (κ2) is 7.99. The minimum Gasteiger partial charge on any atom is -0.383 e. The smallest absolute Gasteiger partial charge is 0.383 e. The van der Waals surface area contributed by atoms with E-state index in [1.807, 2.05) is 0 Å². The van der Waals surface area contributed by atoms with Gasteiger partial charge in [-0.25, -0.2) is 9.97 Å². The van der Waals surface area contributed by atoms with Gasteiger partial charge in [-0.05, 0) is 11.8 Å². The van der Waals surface area contributed by atoms with Gasteiger partial charge in [-0.15, -0.1) is 0 Å². The summed E-state index contributed by atoms with van der Waals surface area (Å²) in [7, 11) is 0. The highest BCUT2D eigenvalue weighted by Crippen LogP contribution is 2.27. The highest BCUT2D eigenvalue weighted by Gasteiger charge is 2.35. The molecule has 0 unspecified atom stereocenters. The maximum atomic E-state index is 12.1. The van der Waals surface area contributed by atoms with Gasteiger partial charge in [0.05, 0.1) is 0 Å². The Labute approximate surface area is 148 Å². The minimum absolute atomic E-state index is 0.342. The van der Waals surface area contributed by atoms with Crippen LogP contribution in [0.3, 0.4) is 0 Å². The first-order valence-corrected chi connectivity index (χ1v) is 7.04. The third kappa shape index (κ3) is 6.22. The van der Waals surface area contributed by atoms with Crippen molar-refractivity contribution in [2.45, 2.75) is 17.2 Å². The number of rotatable bonds is 1. The summed E-state index contributed by atoms with van der Waals surface area (Å²) >= 11 is 0.355. The van der Waals surface area contributed by atoms with Gasteiger partial charge in [0, 0.05) is 6.07 Å². The number of hydrogen-bond acceptors (Lipinski definition) is 8. The number of nitrogens with two attached hydrogens (primary N) is 2. The highest BCUT2D eigenvalue weighted by atomic mass is 32.2. The number of aromatic nitrogens is 4. The third-order valence-electron chi connectivity index (χ3n) is 2.35. The van der Waals surface area contributed by atoms with Crippen LogP contribution in [-0.4, -0.2) is 19.9 Å². The Morgan fingerprint density at radius 3 is 1.93 bits per heavy atom. The summed E-state index contributed by atoms with van der Waals surface area (Å²) in [5.41, 5.74) is 8.02. The lowest BCUT2D eigenvalue weighted by Crippen LogP contribution is -2.21. The monoisotopic (exact) mass is 415 g/mol. The molecular formula is C11H7F6N7O2S. The normalized spacial score (nSPS) is 11.3. The molecule has 0 saturated carbocycles. The lowest BCUT2D eigenvalue weighted by molar-refractivity contribution is -0.145. The number of hydrogen-bond donors (Lipinski definition) is 4. The van der Waals surface area contributed by atoms with Crippen LogP contribution < -0.4 is 22.6 Å². The fraction of sp³-hybridized carbons (Fsp3) is 0.182. The van der Waals surface area contributed by atoms with Gasteiger partial charge in [0.25, 0.3) is 11.1 Å². The van der Waals surface area contributed by atoms with Gasteiger partial charge in [0.1, 0.15) is 21.9 Å². The number of aromatic amines is 2.